The molecular weight excluding hydrogens is 295 g/mol. The molecule has 2 N–H and O–H groups in total. The van der Waals surface area contributed by atoms with Crippen LogP contribution >= 0.6 is 0 Å². The molecule has 0 saturated heterocycles. The first-order chi connectivity index (χ1) is 10.00. The van der Waals surface area contributed by atoms with Crippen LogP contribution in [0.3, 0.4) is 0 Å². The Labute approximate surface area is 124 Å². The Morgan fingerprint density at radius 3 is 2.76 bits per heavy atom. The highest BCUT2D eigenvalue weighted by Crippen LogP contribution is 2.22. The van der Waals surface area contributed by atoms with Crippen LogP contribution in [-0.4, -0.2) is 33.9 Å². The summed E-state index contributed by atoms with van der Waals surface area (Å²) >= 11 is 0. The average Bonchev–Trinajstić information content (AvgIpc) is 3.24. The van der Waals surface area contributed by atoms with E-state index in [-0.39, 0.29) is 11.4 Å². The lowest BCUT2D eigenvalue weighted by Crippen LogP contribution is -2.21. The molecule has 1 aromatic rings. The van der Waals surface area contributed by atoms with Crippen molar-refractivity contribution < 1.29 is 17.5 Å². The average molecular weight is 316 g/mol. The van der Waals surface area contributed by atoms with Gasteiger partial charge in [0.1, 0.15) is 11.6 Å². The molecule has 0 amide bonds. The lowest BCUT2D eigenvalue weighted by Gasteiger charge is -2.10. The quantitative estimate of drug-likeness (QED) is 0.685. The van der Waals surface area contributed by atoms with Crippen LogP contribution in [0.2, 0.25) is 0 Å². The van der Waals surface area contributed by atoms with Gasteiger partial charge < -0.3 is 10.1 Å². The van der Waals surface area contributed by atoms with Gasteiger partial charge in [0, 0.05) is 12.1 Å². The maximum Gasteiger partial charge on any atom is 0.232 e. The molecule has 1 fully saturated rings. The van der Waals surface area contributed by atoms with Gasteiger partial charge in [0.05, 0.1) is 18.6 Å². The first-order valence-electron chi connectivity index (χ1n) is 7.07. The molecule has 1 aliphatic carbocycles. The number of methoxy groups -OCH3 is 1. The van der Waals surface area contributed by atoms with E-state index in [9.17, 15) is 12.8 Å². The van der Waals surface area contributed by atoms with Crippen LogP contribution in [0.5, 0.6) is 5.75 Å². The Kier molecular flexibility index (Phi) is 5.41. The lowest BCUT2D eigenvalue weighted by atomic mass is 10.3. The topological polar surface area (TPSA) is 67.4 Å². The van der Waals surface area contributed by atoms with Gasteiger partial charge in [0.2, 0.25) is 10.0 Å². The van der Waals surface area contributed by atoms with E-state index in [1.807, 2.05) is 0 Å². The second-order valence-corrected chi connectivity index (χ2v) is 7.04. The predicted octanol–water partition coefficient (Wildman–Crippen LogP) is 2.11. The molecule has 1 aromatic carbocycles. The predicted molar refractivity (Wildman–Crippen MR) is 80.6 cm³/mol. The number of hydrogen-bond donors (Lipinski definition) is 2. The molecular formula is C14H21FN2O3S. The third-order valence-corrected chi connectivity index (χ3v) is 4.65. The Morgan fingerprint density at radius 2 is 2.10 bits per heavy atom. The summed E-state index contributed by atoms with van der Waals surface area (Å²) in [6.45, 7) is 0.827. The van der Waals surface area contributed by atoms with Gasteiger partial charge in [0.15, 0.2) is 0 Å². The van der Waals surface area contributed by atoms with Gasteiger partial charge in [-0.05, 0) is 44.4 Å². The van der Waals surface area contributed by atoms with E-state index >= 15 is 0 Å². The first-order valence-corrected chi connectivity index (χ1v) is 8.73. The number of nitrogens with one attached hydrogen (secondary N) is 2. The van der Waals surface area contributed by atoms with E-state index in [4.69, 9.17) is 4.74 Å². The van der Waals surface area contributed by atoms with Gasteiger partial charge in [0.25, 0.3) is 0 Å². The van der Waals surface area contributed by atoms with Crippen molar-refractivity contribution in [3.05, 3.63) is 24.0 Å². The Hall–Kier alpha value is -1.34. The molecule has 0 unspecified atom stereocenters. The van der Waals surface area contributed by atoms with Crippen LogP contribution in [0, 0.1) is 5.82 Å². The summed E-state index contributed by atoms with van der Waals surface area (Å²) in [7, 11) is -2.10. The molecule has 0 atom stereocenters. The fourth-order valence-corrected chi connectivity index (χ4v) is 3.12. The van der Waals surface area contributed by atoms with Crippen molar-refractivity contribution in [2.75, 3.05) is 24.1 Å². The van der Waals surface area contributed by atoms with Crippen molar-refractivity contribution in [3.8, 4) is 5.75 Å². The number of ether oxygens (including phenoxy) is 1. The fourth-order valence-electron chi connectivity index (χ4n) is 1.94. The molecule has 1 aliphatic rings. The van der Waals surface area contributed by atoms with E-state index < -0.39 is 15.8 Å². The van der Waals surface area contributed by atoms with Crippen molar-refractivity contribution in [2.45, 2.75) is 31.7 Å². The minimum absolute atomic E-state index is 0.0179. The summed E-state index contributed by atoms with van der Waals surface area (Å²) in [4.78, 5) is 0. The smallest absolute Gasteiger partial charge is 0.232 e. The number of hydrogen-bond acceptors (Lipinski definition) is 4. The van der Waals surface area contributed by atoms with Gasteiger partial charge in [-0.1, -0.05) is 0 Å². The summed E-state index contributed by atoms with van der Waals surface area (Å²) in [6.07, 6.45) is 3.77. The van der Waals surface area contributed by atoms with Gasteiger partial charge >= 0.3 is 0 Å². The Morgan fingerprint density at radius 1 is 1.33 bits per heavy atom. The van der Waals surface area contributed by atoms with E-state index in [0.717, 1.165) is 13.0 Å². The summed E-state index contributed by atoms with van der Waals surface area (Å²) in [6, 6.07) is 4.58. The standard InChI is InChI=1S/C14H21FN2O3S/c1-20-12-6-7-13(15)14(10-12)17-21(18,19)9-3-2-8-16-11-4-5-11/h6-7,10-11,16-17H,2-5,8-9H2,1H3. The van der Waals surface area contributed by atoms with Crippen LogP contribution in [0.15, 0.2) is 18.2 Å². The highest BCUT2D eigenvalue weighted by atomic mass is 32.2. The van der Waals surface area contributed by atoms with E-state index in [2.05, 4.69) is 10.0 Å². The third-order valence-electron chi connectivity index (χ3n) is 3.29. The van der Waals surface area contributed by atoms with Crippen LogP contribution in [0.1, 0.15) is 25.7 Å². The molecule has 0 bridgehead atoms. The molecule has 0 aliphatic heterocycles. The number of sulfonamides is 1. The zero-order valence-corrected chi connectivity index (χ0v) is 12.9. The molecule has 5 nitrogen and oxygen atoms in total. The van der Waals surface area contributed by atoms with Gasteiger partial charge in [-0.25, -0.2) is 12.8 Å². The zero-order valence-electron chi connectivity index (χ0n) is 12.1. The van der Waals surface area contributed by atoms with Crippen LogP contribution in [-0.2, 0) is 10.0 Å². The molecule has 0 spiro atoms. The Bertz CT molecular complexity index is 574. The molecule has 21 heavy (non-hydrogen) atoms. The van der Waals surface area contributed by atoms with Crippen molar-refractivity contribution in [2.24, 2.45) is 0 Å². The highest BCUT2D eigenvalue weighted by Gasteiger charge is 2.19. The molecule has 1 saturated carbocycles. The third kappa shape index (κ3) is 5.51. The fraction of sp³-hybridized carbons (Fsp3) is 0.571. The maximum absolute atomic E-state index is 13.6. The molecule has 2 rings (SSSR count). The largest absolute Gasteiger partial charge is 0.497 e. The van der Waals surface area contributed by atoms with Crippen molar-refractivity contribution in [3.63, 3.8) is 0 Å². The monoisotopic (exact) mass is 316 g/mol. The number of benzene rings is 1. The van der Waals surface area contributed by atoms with Crippen molar-refractivity contribution in [1.29, 1.82) is 0 Å². The minimum atomic E-state index is -3.54. The summed E-state index contributed by atoms with van der Waals surface area (Å²) in [5, 5.41) is 3.32. The zero-order chi connectivity index (χ0) is 15.3. The minimum Gasteiger partial charge on any atom is -0.497 e. The van der Waals surface area contributed by atoms with E-state index in [1.54, 1.807) is 0 Å². The maximum atomic E-state index is 13.6. The van der Waals surface area contributed by atoms with Crippen LogP contribution in [0.4, 0.5) is 10.1 Å². The SMILES string of the molecule is COc1ccc(F)c(NS(=O)(=O)CCCCNC2CC2)c1. The number of unbranched alkanes of at least 4 members (excludes halogenated alkanes) is 1. The van der Waals surface area contributed by atoms with E-state index in [1.165, 1.54) is 38.2 Å². The molecule has 7 heteroatoms. The van der Waals surface area contributed by atoms with Crippen LogP contribution < -0.4 is 14.8 Å². The summed E-state index contributed by atoms with van der Waals surface area (Å²) in [5.41, 5.74) is -0.0783. The van der Waals surface area contributed by atoms with Gasteiger partial charge in [-0.2, -0.15) is 0 Å². The molecule has 0 aromatic heterocycles. The number of halogens is 1. The number of rotatable bonds is 9. The second kappa shape index (κ2) is 7.09. The summed E-state index contributed by atoms with van der Waals surface area (Å²) in [5.74, 6) is -0.229. The lowest BCUT2D eigenvalue weighted by molar-refractivity contribution is 0.414. The molecule has 118 valence electrons. The highest BCUT2D eigenvalue weighted by molar-refractivity contribution is 7.92. The summed E-state index contributed by atoms with van der Waals surface area (Å²) < 4.78 is 44.7. The normalized spacial score (nSPS) is 15.0. The Balaban J connectivity index is 1.81. The van der Waals surface area contributed by atoms with Crippen molar-refractivity contribution >= 4 is 15.7 Å². The van der Waals surface area contributed by atoms with E-state index in [0.29, 0.717) is 18.2 Å². The second-order valence-electron chi connectivity index (χ2n) is 5.20. The van der Waals surface area contributed by atoms with Crippen molar-refractivity contribution in [1.82, 2.24) is 5.32 Å². The number of anilines is 1. The van der Waals surface area contributed by atoms with Gasteiger partial charge in [-0.3, -0.25) is 4.72 Å². The molecule has 0 heterocycles. The molecule has 0 radical (unpaired) electrons. The first kappa shape index (κ1) is 16.0. The van der Waals surface area contributed by atoms with Gasteiger partial charge in [-0.15, -0.1) is 0 Å². The van der Waals surface area contributed by atoms with Crippen LogP contribution in [0.25, 0.3) is 0 Å².